The summed E-state index contributed by atoms with van der Waals surface area (Å²) in [4.78, 5) is 3.56. The molecule has 0 saturated carbocycles. The second-order valence-corrected chi connectivity index (χ2v) is 3.60. The van der Waals surface area contributed by atoms with Gasteiger partial charge in [-0.1, -0.05) is 6.07 Å². The molecule has 15 heavy (non-hydrogen) atoms. The number of nitrogens with zero attached hydrogens (tertiary/aromatic N) is 1. The van der Waals surface area contributed by atoms with Crippen LogP contribution in [0.4, 0.5) is 4.39 Å². The van der Waals surface area contributed by atoms with Crippen molar-refractivity contribution in [2.24, 2.45) is 0 Å². The lowest BCUT2D eigenvalue weighted by Crippen LogP contribution is -2.22. The van der Waals surface area contributed by atoms with Crippen LogP contribution in [-0.2, 0) is 16.1 Å². The van der Waals surface area contributed by atoms with Crippen molar-refractivity contribution in [2.75, 3.05) is 6.61 Å². The third-order valence-corrected chi connectivity index (χ3v) is 2.36. The Bertz CT molecular complexity index is 296. The van der Waals surface area contributed by atoms with Gasteiger partial charge < -0.3 is 9.47 Å². The van der Waals surface area contributed by atoms with Gasteiger partial charge in [-0.15, -0.1) is 0 Å². The Hall–Kier alpha value is -1.00. The van der Waals surface area contributed by atoms with Crippen molar-refractivity contribution in [1.29, 1.82) is 0 Å². The summed E-state index contributed by atoms with van der Waals surface area (Å²) >= 11 is 0. The van der Waals surface area contributed by atoms with Crippen LogP contribution in [0.3, 0.4) is 0 Å². The molecule has 0 N–H and O–H groups in total. The number of ether oxygens (including phenoxy) is 2. The van der Waals surface area contributed by atoms with Crippen LogP contribution in [0, 0.1) is 5.95 Å². The van der Waals surface area contributed by atoms with E-state index in [9.17, 15) is 4.39 Å². The fourth-order valence-electron chi connectivity index (χ4n) is 1.52. The molecule has 1 aliphatic rings. The molecule has 3 nitrogen and oxygen atoms in total. The smallest absolute Gasteiger partial charge is 0.212 e. The van der Waals surface area contributed by atoms with Crippen molar-refractivity contribution in [2.45, 2.75) is 32.2 Å². The molecule has 1 aromatic rings. The zero-order chi connectivity index (χ0) is 10.5. The summed E-state index contributed by atoms with van der Waals surface area (Å²) in [5.74, 6) is -0.465. The molecule has 82 valence electrons. The minimum Gasteiger partial charge on any atom is -0.353 e. The van der Waals surface area contributed by atoms with Gasteiger partial charge in [0.25, 0.3) is 0 Å². The quantitative estimate of drug-likeness (QED) is 0.719. The number of halogens is 1. The molecule has 1 saturated heterocycles. The largest absolute Gasteiger partial charge is 0.353 e. The van der Waals surface area contributed by atoms with E-state index < -0.39 is 5.95 Å². The fourth-order valence-corrected chi connectivity index (χ4v) is 1.52. The molecule has 0 amide bonds. The molecule has 0 spiro atoms. The third-order valence-electron chi connectivity index (χ3n) is 2.36. The Morgan fingerprint density at radius 1 is 1.47 bits per heavy atom. The maximum absolute atomic E-state index is 12.5. The summed E-state index contributed by atoms with van der Waals surface area (Å²) < 4.78 is 23.4. The predicted octanol–water partition coefficient (Wildman–Crippen LogP) is 2.26. The summed E-state index contributed by atoms with van der Waals surface area (Å²) in [5.41, 5.74) is 0.866. The van der Waals surface area contributed by atoms with Crippen LogP contribution in [0.25, 0.3) is 0 Å². The lowest BCUT2D eigenvalue weighted by atomic mass is 10.2. The second kappa shape index (κ2) is 5.19. The van der Waals surface area contributed by atoms with Crippen LogP contribution in [0.5, 0.6) is 0 Å². The molecule has 4 heteroatoms. The van der Waals surface area contributed by atoms with Crippen molar-refractivity contribution in [3.8, 4) is 0 Å². The molecular weight excluding hydrogens is 197 g/mol. The Balaban J connectivity index is 1.79. The number of hydrogen-bond acceptors (Lipinski definition) is 3. The lowest BCUT2D eigenvalue weighted by Gasteiger charge is -2.22. The SMILES string of the molecule is Fc1ccc(COC2CCCCO2)cn1. The van der Waals surface area contributed by atoms with E-state index in [1.807, 2.05) is 0 Å². The summed E-state index contributed by atoms with van der Waals surface area (Å²) in [5, 5.41) is 0. The average Bonchev–Trinajstić information content (AvgIpc) is 2.30. The van der Waals surface area contributed by atoms with Crippen LogP contribution in [-0.4, -0.2) is 17.9 Å². The van der Waals surface area contributed by atoms with Crippen LogP contribution >= 0.6 is 0 Å². The molecule has 0 aliphatic carbocycles. The maximum Gasteiger partial charge on any atom is 0.212 e. The monoisotopic (exact) mass is 211 g/mol. The van der Waals surface area contributed by atoms with Crippen molar-refractivity contribution in [3.63, 3.8) is 0 Å². The summed E-state index contributed by atoms with van der Waals surface area (Å²) in [6, 6.07) is 3.01. The first-order valence-electron chi connectivity index (χ1n) is 5.18. The Morgan fingerprint density at radius 3 is 3.07 bits per heavy atom. The van der Waals surface area contributed by atoms with E-state index in [4.69, 9.17) is 9.47 Å². The summed E-state index contributed by atoms with van der Waals surface area (Å²) in [7, 11) is 0. The van der Waals surface area contributed by atoms with Gasteiger partial charge in [0.2, 0.25) is 5.95 Å². The van der Waals surface area contributed by atoms with E-state index in [1.54, 1.807) is 6.07 Å². The van der Waals surface area contributed by atoms with Gasteiger partial charge in [-0.2, -0.15) is 4.39 Å². The van der Waals surface area contributed by atoms with Crippen molar-refractivity contribution in [1.82, 2.24) is 4.98 Å². The van der Waals surface area contributed by atoms with Gasteiger partial charge in [-0.25, -0.2) is 4.98 Å². The van der Waals surface area contributed by atoms with Crippen LogP contribution < -0.4 is 0 Å². The van der Waals surface area contributed by atoms with E-state index in [-0.39, 0.29) is 6.29 Å². The molecule has 2 heterocycles. The predicted molar refractivity (Wildman–Crippen MR) is 52.6 cm³/mol. The van der Waals surface area contributed by atoms with E-state index in [2.05, 4.69) is 4.98 Å². The first-order valence-corrected chi connectivity index (χ1v) is 5.18. The molecule has 0 radical (unpaired) electrons. The van der Waals surface area contributed by atoms with Crippen LogP contribution in [0.1, 0.15) is 24.8 Å². The van der Waals surface area contributed by atoms with Crippen LogP contribution in [0.2, 0.25) is 0 Å². The first kappa shape index (κ1) is 10.5. The lowest BCUT2D eigenvalue weighted by molar-refractivity contribution is -0.168. The highest BCUT2D eigenvalue weighted by atomic mass is 19.1. The first-order chi connectivity index (χ1) is 7.34. The Labute approximate surface area is 88.2 Å². The van der Waals surface area contributed by atoms with Gasteiger partial charge in [0.05, 0.1) is 6.61 Å². The maximum atomic E-state index is 12.5. The van der Waals surface area contributed by atoms with Gasteiger partial charge in [0, 0.05) is 12.8 Å². The Morgan fingerprint density at radius 2 is 2.40 bits per heavy atom. The Kier molecular flexibility index (Phi) is 3.64. The number of aromatic nitrogens is 1. The molecule has 1 aliphatic heterocycles. The minimum absolute atomic E-state index is 0.108. The van der Waals surface area contributed by atoms with Crippen molar-refractivity contribution < 1.29 is 13.9 Å². The molecule has 0 bridgehead atoms. The van der Waals surface area contributed by atoms with Gasteiger partial charge in [0.1, 0.15) is 0 Å². The molecule has 2 rings (SSSR count). The van der Waals surface area contributed by atoms with E-state index in [0.717, 1.165) is 31.4 Å². The van der Waals surface area contributed by atoms with E-state index in [0.29, 0.717) is 6.61 Å². The second-order valence-electron chi connectivity index (χ2n) is 3.60. The highest BCUT2D eigenvalue weighted by Crippen LogP contribution is 2.15. The zero-order valence-corrected chi connectivity index (χ0v) is 8.49. The summed E-state index contributed by atoms with van der Waals surface area (Å²) in [6.07, 6.45) is 4.57. The molecule has 0 aromatic carbocycles. The van der Waals surface area contributed by atoms with Crippen LogP contribution in [0.15, 0.2) is 18.3 Å². The molecule has 1 aromatic heterocycles. The normalized spacial score (nSPS) is 21.5. The minimum atomic E-state index is -0.465. The number of rotatable bonds is 3. The molecular formula is C11H14FNO2. The van der Waals surface area contributed by atoms with Gasteiger partial charge in [0.15, 0.2) is 6.29 Å². The van der Waals surface area contributed by atoms with Crippen molar-refractivity contribution in [3.05, 3.63) is 29.8 Å². The van der Waals surface area contributed by atoms with E-state index >= 15 is 0 Å². The number of hydrogen-bond donors (Lipinski definition) is 0. The topological polar surface area (TPSA) is 31.4 Å². The van der Waals surface area contributed by atoms with Gasteiger partial charge in [-0.05, 0) is 30.9 Å². The number of pyridine rings is 1. The highest BCUT2D eigenvalue weighted by molar-refractivity contribution is 5.07. The van der Waals surface area contributed by atoms with Gasteiger partial charge >= 0.3 is 0 Å². The standard InChI is InChI=1S/C11H14FNO2/c12-10-5-4-9(7-13-10)8-15-11-3-1-2-6-14-11/h4-5,7,11H,1-3,6,8H2. The van der Waals surface area contributed by atoms with Crippen molar-refractivity contribution >= 4 is 0 Å². The van der Waals surface area contributed by atoms with Gasteiger partial charge in [-0.3, -0.25) is 0 Å². The summed E-state index contributed by atoms with van der Waals surface area (Å²) in [6.45, 7) is 1.20. The molecule has 1 fully saturated rings. The average molecular weight is 211 g/mol. The zero-order valence-electron chi connectivity index (χ0n) is 8.49. The van der Waals surface area contributed by atoms with E-state index in [1.165, 1.54) is 12.3 Å². The molecule has 1 atom stereocenters. The third kappa shape index (κ3) is 3.25. The molecule has 1 unspecified atom stereocenters. The fraction of sp³-hybridized carbons (Fsp3) is 0.545. The highest BCUT2D eigenvalue weighted by Gasteiger charge is 2.13.